The highest BCUT2D eigenvalue weighted by Gasteiger charge is 2.10. The quantitative estimate of drug-likeness (QED) is 0.797. The third kappa shape index (κ3) is 3.38. The van der Waals surface area contributed by atoms with Gasteiger partial charge in [-0.05, 0) is 0 Å². The van der Waals surface area contributed by atoms with E-state index in [0.29, 0.717) is 6.04 Å². The molecule has 0 amide bonds. The highest BCUT2D eigenvalue weighted by atomic mass is 16.5. The van der Waals surface area contributed by atoms with Crippen molar-refractivity contribution in [2.75, 3.05) is 20.8 Å². The summed E-state index contributed by atoms with van der Waals surface area (Å²) in [5, 5.41) is 3.35. The molecule has 1 rings (SSSR count). The number of aromatic nitrogens is 1. The van der Waals surface area contributed by atoms with Crippen LogP contribution >= 0.6 is 0 Å². The molecule has 0 atom stereocenters. The molecule has 4 heteroatoms. The van der Waals surface area contributed by atoms with Crippen LogP contribution in [0.5, 0.6) is 11.5 Å². The molecule has 16 heavy (non-hydrogen) atoms. The number of nitrogens with zero attached hydrogens (tertiary/aromatic N) is 1. The number of rotatable bonds is 6. The van der Waals surface area contributed by atoms with Gasteiger partial charge in [0.25, 0.3) is 0 Å². The lowest BCUT2D eigenvalue weighted by Gasteiger charge is -2.12. The van der Waals surface area contributed by atoms with E-state index in [1.54, 1.807) is 26.5 Å². The normalized spacial score (nSPS) is 10.6. The molecular weight excluding hydrogens is 204 g/mol. The van der Waals surface area contributed by atoms with E-state index in [9.17, 15) is 0 Å². The molecule has 0 aliphatic rings. The van der Waals surface area contributed by atoms with Gasteiger partial charge < -0.3 is 14.8 Å². The molecule has 0 unspecified atom stereocenters. The van der Waals surface area contributed by atoms with Gasteiger partial charge in [-0.15, -0.1) is 0 Å². The molecule has 90 valence electrons. The molecule has 0 aliphatic heterocycles. The average Bonchev–Trinajstić information content (AvgIpc) is 2.28. The van der Waals surface area contributed by atoms with Gasteiger partial charge in [0.2, 0.25) is 0 Å². The zero-order valence-corrected chi connectivity index (χ0v) is 10.4. The van der Waals surface area contributed by atoms with Crippen molar-refractivity contribution >= 4 is 0 Å². The van der Waals surface area contributed by atoms with Crippen molar-refractivity contribution in [3.05, 3.63) is 18.0 Å². The van der Waals surface area contributed by atoms with E-state index in [0.717, 1.165) is 30.2 Å². The average molecular weight is 224 g/mol. The summed E-state index contributed by atoms with van der Waals surface area (Å²) in [6.45, 7) is 5.13. The smallest absolute Gasteiger partial charge is 0.182 e. The second kappa shape index (κ2) is 6.33. The van der Waals surface area contributed by atoms with Crippen LogP contribution < -0.4 is 14.8 Å². The maximum Gasteiger partial charge on any atom is 0.182 e. The fraction of sp³-hybridized carbons (Fsp3) is 0.583. The van der Waals surface area contributed by atoms with Gasteiger partial charge in [0.05, 0.1) is 19.9 Å². The summed E-state index contributed by atoms with van der Waals surface area (Å²) in [7, 11) is 3.27. The van der Waals surface area contributed by atoms with E-state index in [-0.39, 0.29) is 0 Å². The van der Waals surface area contributed by atoms with Gasteiger partial charge in [-0.1, -0.05) is 13.8 Å². The summed E-state index contributed by atoms with van der Waals surface area (Å²) < 4.78 is 10.5. The first-order valence-electron chi connectivity index (χ1n) is 5.48. The van der Waals surface area contributed by atoms with Crippen molar-refractivity contribution in [3.8, 4) is 11.5 Å². The lowest BCUT2D eigenvalue weighted by atomic mass is 10.2. The fourth-order valence-electron chi connectivity index (χ4n) is 1.51. The largest absolute Gasteiger partial charge is 0.493 e. The molecule has 0 bridgehead atoms. The lowest BCUT2D eigenvalue weighted by molar-refractivity contribution is 0.349. The van der Waals surface area contributed by atoms with E-state index in [1.807, 2.05) is 0 Å². The van der Waals surface area contributed by atoms with Gasteiger partial charge >= 0.3 is 0 Å². The Morgan fingerprint density at radius 1 is 1.31 bits per heavy atom. The Hall–Kier alpha value is -1.29. The minimum Gasteiger partial charge on any atom is -0.493 e. The third-order valence-corrected chi connectivity index (χ3v) is 2.28. The van der Waals surface area contributed by atoms with Gasteiger partial charge in [0.15, 0.2) is 11.5 Å². The van der Waals surface area contributed by atoms with E-state index in [1.165, 1.54) is 0 Å². The molecule has 0 spiro atoms. The molecule has 0 aromatic carbocycles. The zero-order chi connectivity index (χ0) is 12.0. The molecule has 4 nitrogen and oxygen atoms in total. The topological polar surface area (TPSA) is 43.4 Å². The first kappa shape index (κ1) is 12.8. The SMILES string of the molecule is COc1ccnc(CCNC(C)C)c1OC. The Morgan fingerprint density at radius 3 is 2.62 bits per heavy atom. The summed E-state index contributed by atoms with van der Waals surface area (Å²) in [5.74, 6) is 1.47. The van der Waals surface area contributed by atoms with Crippen LogP contribution in [-0.4, -0.2) is 31.8 Å². The summed E-state index contributed by atoms with van der Waals surface area (Å²) in [5.41, 5.74) is 0.926. The molecule has 0 radical (unpaired) electrons. The Morgan fingerprint density at radius 2 is 2.06 bits per heavy atom. The molecule has 0 saturated heterocycles. The van der Waals surface area contributed by atoms with Gasteiger partial charge in [0.1, 0.15) is 0 Å². The zero-order valence-electron chi connectivity index (χ0n) is 10.4. The summed E-state index contributed by atoms with van der Waals surface area (Å²) in [6.07, 6.45) is 2.57. The predicted molar refractivity (Wildman–Crippen MR) is 64.2 cm³/mol. The van der Waals surface area contributed by atoms with Crippen LogP contribution in [0.1, 0.15) is 19.5 Å². The van der Waals surface area contributed by atoms with Crippen LogP contribution in [0.3, 0.4) is 0 Å². The number of nitrogens with one attached hydrogen (secondary N) is 1. The highest BCUT2D eigenvalue weighted by molar-refractivity contribution is 5.42. The first-order valence-corrected chi connectivity index (χ1v) is 5.48. The van der Waals surface area contributed by atoms with Crippen molar-refractivity contribution < 1.29 is 9.47 Å². The Kier molecular flexibility index (Phi) is 5.05. The maximum absolute atomic E-state index is 5.31. The molecule has 0 aliphatic carbocycles. The van der Waals surface area contributed by atoms with Crippen molar-refractivity contribution in [3.63, 3.8) is 0 Å². The van der Waals surface area contributed by atoms with E-state index in [2.05, 4.69) is 24.1 Å². The summed E-state index contributed by atoms with van der Waals surface area (Å²) >= 11 is 0. The van der Waals surface area contributed by atoms with Crippen molar-refractivity contribution in [2.24, 2.45) is 0 Å². The number of methoxy groups -OCH3 is 2. The molecule has 0 fully saturated rings. The molecular formula is C12H20N2O2. The van der Waals surface area contributed by atoms with Crippen LogP contribution in [0.4, 0.5) is 0 Å². The third-order valence-electron chi connectivity index (χ3n) is 2.28. The van der Waals surface area contributed by atoms with Crippen LogP contribution in [-0.2, 0) is 6.42 Å². The van der Waals surface area contributed by atoms with Gasteiger partial charge in [-0.3, -0.25) is 4.98 Å². The van der Waals surface area contributed by atoms with Crippen LogP contribution in [0, 0.1) is 0 Å². The Bertz CT molecular complexity index is 327. The second-order valence-corrected chi connectivity index (χ2v) is 3.85. The minimum atomic E-state index is 0.483. The summed E-state index contributed by atoms with van der Waals surface area (Å²) in [6, 6.07) is 2.29. The Balaban J connectivity index is 2.71. The Labute approximate surface area is 97.0 Å². The molecule has 1 heterocycles. The molecule has 1 aromatic rings. The van der Waals surface area contributed by atoms with E-state index >= 15 is 0 Å². The van der Waals surface area contributed by atoms with Gasteiger partial charge in [-0.25, -0.2) is 0 Å². The van der Waals surface area contributed by atoms with Gasteiger partial charge in [-0.2, -0.15) is 0 Å². The second-order valence-electron chi connectivity index (χ2n) is 3.85. The van der Waals surface area contributed by atoms with Crippen molar-refractivity contribution in [2.45, 2.75) is 26.3 Å². The summed E-state index contributed by atoms with van der Waals surface area (Å²) in [4.78, 5) is 4.31. The van der Waals surface area contributed by atoms with Crippen LogP contribution in [0.2, 0.25) is 0 Å². The van der Waals surface area contributed by atoms with Crippen molar-refractivity contribution in [1.29, 1.82) is 0 Å². The fourth-order valence-corrected chi connectivity index (χ4v) is 1.51. The van der Waals surface area contributed by atoms with Crippen molar-refractivity contribution in [1.82, 2.24) is 10.3 Å². The lowest BCUT2D eigenvalue weighted by Crippen LogP contribution is -2.25. The van der Waals surface area contributed by atoms with Crippen LogP contribution in [0.15, 0.2) is 12.3 Å². The maximum atomic E-state index is 5.31. The number of hydrogen-bond donors (Lipinski definition) is 1. The van der Waals surface area contributed by atoms with E-state index in [4.69, 9.17) is 9.47 Å². The number of ether oxygens (including phenoxy) is 2. The highest BCUT2D eigenvalue weighted by Crippen LogP contribution is 2.28. The predicted octanol–water partition coefficient (Wildman–Crippen LogP) is 1.64. The number of pyridine rings is 1. The molecule has 0 saturated carbocycles. The minimum absolute atomic E-state index is 0.483. The van der Waals surface area contributed by atoms with Gasteiger partial charge in [0, 0.05) is 31.3 Å². The van der Waals surface area contributed by atoms with Crippen LogP contribution in [0.25, 0.3) is 0 Å². The monoisotopic (exact) mass is 224 g/mol. The molecule has 1 N–H and O–H groups in total. The van der Waals surface area contributed by atoms with E-state index < -0.39 is 0 Å². The number of hydrogen-bond acceptors (Lipinski definition) is 4. The standard InChI is InChI=1S/C12H20N2O2/c1-9(2)13-7-5-10-12(16-4)11(15-3)6-8-14-10/h6,8-9,13H,5,7H2,1-4H3. The molecule has 1 aromatic heterocycles. The first-order chi connectivity index (χ1) is 7.69.